The number of nitrogens with one attached hydrogen (secondary N) is 1. The van der Waals surface area contributed by atoms with Crippen molar-refractivity contribution < 1.29 is 4.74 Å². The largest absolute Gasteiger partial charge is 0.379 e. The lowest BCUT2D eigenvalue weighted by Crippen LogP contribution is -2.44. The predicted octanol–water partition coefficient (Wildman–Crippen LogP) is 0.232. The van der Waals surface area contributed by atoms with E-state index in [2.05, 4.69) is 10.3 Å². The van der Waals surface area contributed by atoms with Crippen LogP contribution in [-0.4, -0.2) is 31.3 Å². The third-order valence-electron chi connectivity index (χ3n) is 2.38. The Balaban J connectivity index is 1.74. The van der Waals surface area contributed by atoms with E-state index in [1.807, 2.05) is 0 Å². The highest BCUT2D eigenvalue weighted by molar-refractivity contribution is 5.78. The molecule has 0 aromatic rings. The first-order valence-corrected chi connectivity index (χ1v) is 5.02. The highest BCUT2D eigenvalue weighted by Gasteiger charge is 2.21. The van der Waals surface area contributed by atoms with E-state index in [1.165, 1.54) is 12.8 Å². The Bertz CT molecular complexity index is 195. The Kier molecular flexibility index (Phi) is 2.68. The highest BCUT2D eigenvalue weighted by Crippen LogP contribution is 2.23. The molecule has 0 bridgehead atoms. The molecule has 4 nitrogen and oxygen atoms in total. The molecule has 1 aliphatic carbocycles. The van der Waals surface area contributed by atoms with Gasteiger partial charge in [-0.05, 0) is 25.7 Å². The van der Waals surface area contributed by atoms with Crippen LogP contribution >= 0.6 is 0 Å². The van der Waals surface area contributed by atoms with Gasteiger partial charge < -0.3 is 15.8 Å². The van der Waals surface area contributed by atoms with Crippen LogP contribution in [-0.2, 0) is 4.74 Å². The van der Waals surface area contributed by atoms with Crippen LogP contribution in [0.2, 0.25) is 0 Å². The number of nitrogens with zero attached hydrogens (tertiary/aromatic N) is 1. The zero-order valence-corrected chi connectivity index (χ0v) is 7.83. The molecule has 0 aromatic carbocycles. The molecule has 13 heavy (non-hydrogen) atoms. The van der Waals surface area contributed by atoms with Gasteiger partial charge in [0.15, 0.2) is 5.96 Å². The Morgan fingerprint density at radius 1 is 1.38 bits per heavy atom. The first-order valence-electron chi connectivity index (χ1n) is 5.02. The number of hydrogen-bond acceptors (Lipinski definition) is 2. The van der Waals surface area contributed by atoms with E-state index in [1.54, 1.807) is 0 Å². The molecule has 2 fully saturated rings. The second-order valence-electron chi connectivity index (χ2n) is 3.80. The minimum Gasteiger partial charge on any atom is -0.379 e. The van der Waals surface area contributed by atoms with Gasteiger partial charge >= 0.3 is 0 Å². The quantitative estimate of drug-likeness (QED) is 0.476. The minimum atomic E-state index is 0.372. The summed E-state index contributed by atoms with van der Waals surface area (Å²) in [5.74, 6) is 0.595. The van der Waals surface area contributed by atoms with Crippen LogP contribution in [0, 0.1) is 0 Å². The first-order chi connectivity index (χ1) is 6.34. The second kappa shape index (κ2) is 3.96. The van der Waals surface area contributed by atoms with Crippen LogP contribution in [0.25, 0.3) is 0 Å². The molecule has 2 rings (SSSR count). The average Bonchev–Trinajstić information content (AvgIpc) is 2.90. The maximum atomic E-state index is 5.73. The Hall–Kier alpha value is -0.770. The van der Waals surface area contributed by atoms with Crippen molar-refractivity contribution in [3.63, 3.8) is 0 Å². The Labute approximate surface area is 78.5 Å². The van der Waals surface area contributed by atoms with E-state index in [0.29, 0.717) is 18.0 Å². The lowest BCUT2D eigenvalue weighted by Gasteiger charge is -2.23. The smallest absolute Gasteiger partial charge is 0.189 e. The van der Waals surface area contributed by atoms with Crippen LogP contribution in [0.1, 0.15) is 25.7 Å². The van der Waals surface area contributed by atoms with Crippen molar-refractivity contribution in [2.45, 2.75) is 37.8 Å². The van der Waals surface area contributed by atoms with Gasteiger partial charge in [0.2, 0.25) is 0 Å². The number of ether oxygens (including phenoxy) is 1. The Morgan fingerprint density at radius 2 is 2.23 bits per heavy atom. The van der Waals surface area contributed by atoms with Gasteiger partial charge in [-0.25, -0.2) is 0 Å². The molecule has 74 valence electrons. The highest BCUT2D eigenvalue weighted by atomic mass is 16.5. The van der Waals surface area contributed by atoms with Gasteiger partial charge in [0.05, 0.1) is 18.7 Å². The lowest BCUT2D eigenvalue weighted by atomic mass is 10.1. The molecular formula is C9H17N3O. The number of nitrogens with two attached hydrogens (primary N) is 1. The summed E-state index contributed by atoms with van der Waals surface area (Å²) in [5, 5.41) is 3.19. The van der Waals surface area contributed by atoms with Gasteiger partial charge in [0, 0.05) is 6.61 Å². The molecule has 4 heteroatoms. The maximum Gasteiger partial charge on any atom is 0.189 e. The van der Waals surface area contributed by atoms with Crippen molar-refractivity contribution >= 4 is 5.96 Å². The van der Waals surface area contributed by atoms with Gasteiger partial charge in [-0.1, -0.05) is 0 Å². The molecule has 0 radical (unpaired) electrons. The molecule has 1 saturated heterocycles. The third kappa shape index (κ3) is 2.88. The molecule has 0 spiro atoms. The van der Waals surface area contributed by atoms with Crippen molar-refractivity contribution in [1.82, 2.24) is 5.32 Å². The molecular weight excluding hydrogens is 166 g/mol. The number of aliphatic imine (C=N–C) groups is 1. The van der Waals surface area contributed by atoms with Gasteiger partial charge in [-0.2, -0.15) is 0 Å². The summed E-state index contributed by atoms with van der Waals surface area (Å²) in [6.07, 6.45) is 4.66. The van der Waals surface area contributed by atoms with Gasteiger partial charge in [-0.3, -0.25) is 4.99 Å². The standard InChI is InChI=1S/C9H17N3O/c10-9(11-7-3-4-7)12-8-2-1-5-13-6-8/h7-8H,1-6H2,(H3,10,11,12). The average molecular weight is 183 g/mol. The van der Waals surface area contributed by atoms with Crippen molar-refractivity contribution in [3.8, 4) is 0 Å². The summed E-state index contributed by atoms with van der Waals surface area (Å²) in [6, 6.07) is 0.869. The molecule has 1 saturated carbocycles. The van der Waals surface area contributed by atoms with Crippen LogP contribution < -0.4 is 11.1 Å². The molecule has 1 unspecified atom stereocenters. The number of guanidine groups is 1. The van der Waals surface area contributed by atoms with Gasteiger partial charge in [0.25, 0.3) is 0 Å². The summed E-state index contributed by atoms with van der Waals surface area (Å²) in [7, 11) is 0. The third-order valence-corrected chi connectivity index (χ3v) is 2.38. The topological polar surface area (TPSA) is 59.6 Å². The van der Waals surface area contributed by atoms with Crippen molar-refractivity contribution in [2.75, 3.05) is 13.2 Å². The van der Waals surface area contributed by atoms with E-state index in [0.717, 1.165) is 26.1 Å². The number of hydrogen-bond donors (Lipinski definition) is 2. The Morgan fingerprint density at radius 3 is 2.85 bits per heavy atom. The second-order valence-corrected chi connectivity index (χ2v) is 3.80. The first kappa shape index (κ1) is 8.81. The van der Waals surface area contributed by atoms with Crippen LogP contribution in [0.3, 0.4) is 0 Å². The fraction of sp³-hybridized carbons (Fsp3) is 0.889. The summed E-state index contributed by atoms with van der Waals surface area (Å²) < 4.78 is 5.33. The van der Waals surface area contributed by atoms with Gasteiger partial charge in [-0.15, -0.1) is 0 Å². The lowest BCUT2D eigenvalue weighted by molar-refractivity contribution is 0.0763. The summed E-state index contributed by atoms with van der Waals surface area (Å²) in [4.78, 5) is 4.31. The fourth-order valence-corrected chi connectivity index (χ4v) is 1.50. The van der Waals surface area contributed by atoms with E-state index >= 15 is 0 Å². The van der Waals surface area contributed by atoms with Crippen LogP contribution in [0.4, 0.5) is 0 Å². The zero-order chi connectivity index (χ0) is 9.10. The summed E-state index contributed by atoms with van der Waals surface area (Å²) >= 11 is 0. The van der Waals surface area contributed by atoms with Gasteiger partial charge in [0.1, 0.15) is 0 Å². The normalized spacial score (nSPS) is 30.2. The van der Waals surface area contributed by atoms with Crippen molar-refractivity contribution in [3.05, 3.63) is 0 Å². The van der Waals surface area contributed by atoms with Crippen molar-refractivity contribution in [2.24, 2.45) is 10.7 Å². The SMILES string of the molecule is NC(=NC1CC1)NC1CCCOC1. The number of rotatable bonds is 2. The van der Waals surface area contributed by atoms with E-state index in [9.17, 15) is 0 Å². The maximum absolute atomic E-state index is 5.73. The van der Waals surface area contributed by atoms with E-state index in [-0.39, 0.29) is 0 Å². The molecule has 0 amide bonds. The monoisotopic (exact) mass is 183 g/mol. The molecule has 1 atom stereocenters. The van der Waals surface area contributed by atoms with E-state index < -0.39 is 0 Å². The zero-order valence-electron chi connectivity index (χ0n) is 7.83. The minimum absolute atomic E-state index is 0.372. The predicted molar refractivity (Wildman–Crippen MR) is 51.6 cm³/mol. The fourth-order valence-electron chi connectivity index (χ4n) is 1.50. The van der Waals surface area contributed by atoms with E-state index in [4.69, 9.17) is 10.5 Å². The van der Waals surface area contributed by atoms with Crippen LogP contribution in [0.15, 0.2) is 4.99 Å². The summed E-state index contributed by atoms with van der Waals surface area (Å²) in [6.45, 7) is 1.65. The molecule has 1 heterocycles. The molecule has 3 N–H and O–H groups in total. The van der Waals surface area contributed by atoms with Crippen molar-refractivity contribution in [1.29, 1.82) is 0 Å². The summed E-state index contributed by atoms with van der Waals surface area (Å²) in [5.41, 5.74) is 5.73. The molecule has 1 aliphatic heterocycles. The molecule has 2 aliphatic rings. The van der Waals surface area contributed by atoms with Crippen LogP contribution in [0.5, 0.6) is 0 Å². The molecule has 0 aromatic heterocycles.